The maximum atomic E-state index is 12.2. The average molecular weight is 346 g/mol. The van der Waals surface area contributed by atoms with Crippen LogP contribution in [0.1, 0.15) is 49.9 Å². The largest absolute Gasteiger partial charge is 0.497 e. The molecule has 0 bridgehead atoms. The lowest BCUT2D eigenvalue weighted by molar-refractivity contribution is -0.121. The van der Waals surface area contributed by atoms with E-state index < -0.39 is 0 Å². The summed E-state index contributed by atoms with van der Waals surface area (Å²) in [6.45, 7) is 7.29. The van der Waals surface area contributed by atoms with Crippen molar-refractivity contribution >= 4 is 11.7 Å². The first-order chi connectivity index (χ1) is 12.0. The Morgan fingerprint density at radius 1 is 1.28 bits per heavy atom. The van der Waals surface area contributed by atoms with Crippen LogP contribution in [0.15, 0.2) is 24.3 Å². The van der Waals surface area contributed by atoms with Crippen LogP contribution in [-0.4, -0.2) is 49.4 Å². The maximum Gasteiger partial charge on any atom is 0.220 e. The number of carbonyl (C=O) groups excluding carboxylic acids is 2. The first-order valence-corrected chi connectivity index (χ1v) is 9.17. The number of hydrogen-bond donors (Lipinski definition) is 1. The standard InChI is InChI=1S/C20H30N2O3/c1-15-9-11-22(12-10-15)16(2)14-21-20(24)8-7-19(23)17-5-4-6-18(13-17)25-3/h4-6,13,15-16H,7-12,14H2,1-3H3,(H,21,24). The molecule has 1 aromatic carbocycles. The highest BCUT2D eigenvalue weighted by atomic mass is 16.5. The van der Waals surface area contributed by atoms with Gasteiger partial charge in [0.1, 0.15) is 5.75 Å². The van der Waals surface area contributed by atoms with Gasteiger partial charge in [-0.15, -0.1) is 0 Å². The first-order valence-electron chi connectivity index (χ1n) is 9.17. The van der Waals surface area contributed by atoms with Gasteiger partial charge in [-0.2, -0.15) is 0 Å². The lowest BCUT2D eigenvalue weighted by Crippen LogP contribution is -2.45. The number of nitrogens with one attached hydrogen (secondary N) is 1. The molecule has 5 nitrogen and oxygen atoms in total. The highest BCUT2D eigenvalue weighted by molar-refractivity contribution is 5.98. The van der Waals surface area contributed by atoms with Gasteiger partial charge in [-0.05, 0) is 50.9 Å². The number of hydrogen-bond acceptors (Lipinski definition) is 4. The molecule has 0 radical (unpaired) electrons. The highest BCUT2D eigenvalue weighted by Crippen LogP contribution is 2.18. The van der Waals surface area contributed by atoms with Gasteiger partial charge in [0, 0.05) is 31.0 Å². The molecule has 0 saturated carbocycles. The van der Waals surface area contributed by atoms with Gasteiger partial charge >= 0.3 is 0 Å². The molecule has 0 aromatic heterocycles. The van der Waals surface area contributed by atoms with Gasteiger partial charge in [0.2, 0.25) is 5.91 Å². The number of methoxy groups -OCH3 is 1. The molecule has 1 unspecified atom stereocenters. The zero-order chi connectivity index (χ0) is 18.2. The molecule has 1 N–H and O–H groups in total. The Labute approximate surface area is 150 Å². The minimum absolute atomic E-state index is 0.0351. The molecule has 25 heavy (non-hydrogen) atoms. The van der Waals surface area contributed by atoms with Crippen LogP contribution in [0.5, 0.6) is 5.75 Å². The summed E-state index contributed by atoms with van der Waals surface area (Å²) in [5.74, 6) is 1.36. The first kappa shape index (κ1) is 19.4. The predicted molar refractivity (Wildman–Crippen MR) is 99.0 cm³/mol. The van der Waals surface area contributed by atoms with Gasteiger partial charge in [0.15, 0.2) is 5.78 Å². The predicted octanol–water partition coefficient (Wildman–Crippen LogP) is 2.89. The van der Waals surface area contributed by atoms with Crippen LogP contribution in [0.3, 0.4) is 0 Å². The Balaban J connectivity index is 1.70. The van der Waals surface area contributed by atoms with Crippen LogP contribution < -0.4 is 10.1 Å². The van der Waals surface area contributed by atoms with Gasteiger partial charge in [-0.1, -0.05) is 19.1 Å². The number of rotatable bonds is 8. The van der Waals surface area contributed by atoms with Gasteiger partial charge in [-0.25, -0.2) is 0 Å². The van der Waals surface area contributed by atoms with Crippen molar-refractivity contribution in [2.75, 3.05) is 26.7 Å². The summed E-state index contributed by atoms with van der Waals surface area (Å²) in [6.07, 6.45) is 2.90. The second kappa shape index (κ2) is 9.56. The fraction of sp³-hybridized carbons (Fsp3) is 0.600. The van der Waals surface area contributed by atoms with Crippen LogP contribution in [-0.2, 0) is 4.79 Å². The molecule has 1 aromatic rings. The molecule has 0 aliphatic carbocycles. The van der Waals surface area contributed by atoms with E-state index in [1.165, 1.54) is 12.8 Å². The Hall–Kier alpha value is -1.88. The topological polar surface area (TPSA) is 58.6 Å². The minimum atomic E-state index is -0.0616. The smallest absolute Gasteiger partial charge is 0.220 e. The molecule has 1 amide bonds. The fourth-order valence-corrected chi connectivity index (χ4v) is 3.12. The van der Waals surface area contributed by atoms with Gasteiger partial charge in [0.05, 0.1) is 7.11 Å². The normalized spacial score (nSPS) is 17.1. The number of ether oxygens (including phenoxy) is 1. The number of amides is 1. The summed E-state index contributed by atoms with van der Waals surface area (Å²) in [7, 11) is 1.57. The molecule has 1 aliphatic rings. The number of Topliss-reactive ketones (excluding diaryl/α,β-unsaturated/α-hetero) is 1. The number of benzene rings is 1. The van der Waals surface area contributed by atoms with Gasteiger partial charge < -0.3 is 10.1 Å². The van der Waals surface area contributed by atoms with Crippen LogP contribution in [0.25, 0.3) is 0 Å². The molecule has 1 saturated heterocycles. The Kier molecular flexibility index (Phi) is 7.44. The SMILES string of the molecule is COc1cccc(C(=O)CCC(=O)NCC(C)N2CCC(C)CC2)c1. The van der Waals surface area contributed by atoms with E-state index in [1.54, 1.807) is 31.4 Å². The number of carbonyl (C=O) groups is 2. The summed E-state index contributed by atoms with van der Waals surface area (Å²) in [4.78, 5) is 26.7. The summed E-state index contributed by atoms with van der Waals surface area (Å²) in [6, 6.07) is 7.38. The fourth-order valence-electron chi connectivity index (χ4n) is 3.12. The van der Waals surface area contributed by atoms with Gasteiger partial charge in [-0.3, -0.25) is 14.5 Å². The van der Waals surface area contributed by atoms with Crippen LogP contribution in [0.2, 0.25) is 0 Å². The zero-order valence-electron chi connectivity index (χ0n) is 15.6. The summed E-state index contributed by atoms with van der Waals surface area (Å²) < 4.78 is 5.12. The molecular weight excluding hydrogens is 316 g/mol. The molecule has 2 rings (SSSR count). The molecule has 138 valence electrons. The third kappa shape index (κ3) is 6.16. The van der Waals surface area contributed by atoms with E-state index in [9.17, 15) is 9.59 Å². The van der Waals surface area contributed by atoms with Crippen LogP contribution >= 0.6 is 0 Å². The number of likely N-dealkylation sites (tertiary alicyclic amines) is 1. The van der Waals surface area contributed by atoms with E-state index >= 15 is 0 Å². The van der Waals surface area contributed by atoms with E-state index in [0.29, 0.717) is 23.9 Å². The van der Waals surface area contributed by atoms with E-state index in [-0.39, 0.29) is 24.5 Å². The van der Waals surface area contributed by atoms with Crippen molar-refractivity contribution in [2.24, 2.45) is 5.92 Å². The summed E-state index contributed by atoms with van der Waals surface area (Å²) in [5.41, 5.74) is 0.586. The van der Waals surface area contributed by atoms with Crippen molar-refractivity contribution in [2.45, 2.75) is 45.6 Å². The van der Waals surface area contributed by atoms with E-state index in [4.69, 9.17) is 4.74 Å². The van der Waals surface area contributed by atoms with Crippen molar-refractivity contribution in [3.05, 3.63) is 29.8 Å². The second-order valence-electron chi connectivity index (χ2n) is 7.03. The van der Waals surface area contributed by atoms with E-state index in [0.717, 1.165) is 19.0 Å². The number of nitrogens with zero attached hydrogens (tertiary/aromatic N) is 1. The van der Waals surface area contributed by atoms with Crippen molar-refractivity contribution in [1.29, 1.82) is 0 Å². The molecule has 1 fully saturated rings. The van der Waals surface area contributed by atoms with Crippen molar-refractivity contribution in [3.8, 4) is 5.75 Å². The lowest BCUT2D eigenvalue weighted by Gasteiger charge is -2.35. The molecule has 5 heteroatoms. The second-order valence-corrected chi connectivity index (χ2v) is 7.03. The Morgan fingerprint density at radius 2 is 2.00 bits per heavy atom. The monoisotopic (exact) mass is 346 g/mol. The zero-order valence-corrected chi connectivity index (χ0v) is 15.6. The van der Waals surface area contributed by atoms with E-state index in [1.807, 2.05) is 0 Å². The van der Waals surface area contributed by atoms with Crippen molar-refractivity contribution in [3.63, 3.8) is 0 Å². The summed E-state index contributed by atoms with van der Waals surface area (Å²) in [5, 5.41) is 2.96. The van der Waals surface area contributed by atoms with Crippen molar-refractivity contribution in [1.82, 2.24) is 10.2 Å². The van der Waals surface area contributed by atoms with Crippen molar-refractivity contribution < 1.29 is 14.3 Å². The van der Waals surface area contributed by atoms with Gasteiger partial charge in [0.25, 0.3) is 0 Å². The molecule has 1 aliphatic heterocycles. The van der Waals surface area contributed by atoms with Crippen LogP contribution in [0, 0.1) is 5.92 Å². The molecule has 0 spiro atoms. The quantitative estimate of drug-likeness (QED) is 0.735. The molecular formula is C20H30N2O3. The maximum absolute atomic E-state index is 12.2. The highest BCUT2D eigenvalue weighted by Gasteiger charge is 2.20. The van der Waals surface area contributed by atoms with Crippen LogP contribution in [0.4, 0.5) is 0 Å². The summed E-state index contributed by atoms with van der Waals surface area (Å²) >= 11 is 0. The Morgan fingerprint density at radius 3 is 2.68 bits per heavy atom. The number of piperidine rings is 1. The molecule has 1 atom stereocenters. The molecule has 1 heterocycles. The van der Waals surface area contributed by atoms with E-state index in [2.05, 4.69) is 24.1 Å². The Bertz CT molecular complexity index is 580. The third-order valence-electron chi connectivity index (χ3n) is 5.01. The average Bonchev–Trinajstić information content (AvgIpc) is 2.64. The third-order valence-corrected chi connectivity index (χ3v) is 5.01. The number of ketones is 1. The minimum Gasteiger partial charge on any atom is -0.497 e. The lowest BCUT2D eigenvalue weighted by atomic mass is 9.98.